The van der Waals surface area contributed by atoms with E-state index in [1.54, 1.807) is 0 Å². The molecule has 0 radical (unpaired) electrons. The first-order chi connectivity index (χ1) is 9.77. The number of nitrogens with two attached hydrogens (primary N) is 1. The summed E-state index contributed by atoms with van der Waals surface area (Å²) in [6.45, 7) is 0. The summed E-state index contributed by atoms with van der Waals surface area (Å²) in [5.41, 5.74) is 3.54. The van der Waals surface area contributed by atoms with Gasteiger partial charge in [0.2, 0.25) is 0 Å². The van der Waals surface area contributed by atoms with E-state index in [0.29, 0.717) is 6.20 Å². The molecule has 0 unspecified atom stereocenters. The van der Waals surface area contributed by atoms with Crippen molar-refractivity contribution in [3.63, 3.8) is 0 Å². The van der Waals surface area contributed by atoms with E-state index >= 15 is 0 Å². The van der Waals surface area contributed by atoms with Crippen LogP contribution in [0, 0.1) is 5.82 Å². The van der Waals surface area contributed by atoms with Gasteiger partial charge in [-0.05, 0) is 24.3 Å². The van der Waals surface area contributed by atoms with Crippen LogP contribution in [0.1, 0.15) is 16.2 Å². The number of halogens is 4. The van der Waals surface area contributed by atoms with E-state index in [1.807, 2.05) is 0 Å². The van der Waals surface area contributed by atoms with Gasteiger partial charge in [0.15, 0.2) is 17.2 Å². The van der Waals surface area contributed by atoms with E-state index in [9.17, 15) is 22.4 Å². The van der Waals surface area contributed by atoms with Gasteiger partial charge in [-0.3, -0.25) is 4.79 Å². The lowest BCUT2D eigenvalue weighted by Crippen LogP contribution is -2.20. The number of nitrogen functional groups attached to an aromatic ring is 1. The topological polar surface area (TPSA) is 80.9 Å². The van der Waals surface area contributed by atoms with Crippen LogP contribution in [0.5, 0.6) is 0 Å². The van der Waals surface area contributed by atoms with Gasteiger partial charge in [0, 0.05) is 5.69 Å². The van der Waals surface area contributed by atoms with E-state index in [2.05, 4.69) is 15.3 Å². The van der Waals surface area contributed by atoms with Crippen LogP contribution in [0.4, 0.5) is 29.1 Å². The zero-order valence-corrected chi connectivity index (χ0v) is 10.3. The molecule has 110 valence electrons. The van der Waals surface area contributed by atoms with Gasteiger partial charge < -0.3 is 11.1 Å². The second-order valence-electron chi connectivity index (χ2n) is 3.95. The maximum absolute atomic E-state index is 12.7. The molecule has 0 saturated carbocycles. The smallest absolute Gasteiger partial charge is 0.382 e. The van der Waals surface area contributed by atoms with E-state index in [-0.39, 0.29) is 5.69 Å². The van der Waals surface area contributed by atoms with Crippen LogP contribution in [0.2, 0.25) is 0 Å². The maximum atomic E-state index is 12.7. The van der Waals surface area contributed by atoms with Crippen molar-refractivity contribution in [3.05, 3.63) is 47.7 Å². The van der Waals surface area contributed by atoms with Crippen LogP contribution < -0.4 is 11.1 Å². The number of carbonyl (C=O) groups excluding carboxylic acids is 1. The molecule has 2 rings (SSSR count). The van der Waals surface area contributed by atoms with Crippen LogP contribution in [0.3, 0.4) is 0 Å². The molecule has 0 saturated heterocycles. The Labute approximate surface area is 115 Å². The maximum Gasteiger partial charge on any atom is 0.434 e. The third-order valence-corrected chi connectivity index (χ3v) is 2.41. The molecule has 21 heavy (non-hydrogen) atoms. The first-order valence-corrected chi connectivity index (χ1v) is 5.54. The Balaban J connectivity index is 2.28. The minimum Gasteiger partial charge on any atom is -0.382 e. The van der Waals surface area contributed by atoms with Crippen LogP contribution >= 0.6 is 0 Å². The number of hydrogen-bond acceptors (Lipinski definition) is 4. The van der Waals surface area contributed by atoms with Gasteiger partial charge in [0.25, 0.3) is 5.91 Å². The molecule has 1 aromatic carbocycles. The predicted octanol–water partition coefficient (Wildman–Crippen LogP) is 2.47. The first-order valence-electron chi connectivity index (χ1n) is 5.54. The molecular formula is C12H8F4N4O. The summed E-state index contributed by atoms with van der Waals surface area (Å²) in [6.07, 6.45) is -4.31. The van der Waals surface area contributed by atoms with Gasteiger partial charge in [-0.25, -0.2) is 14.4 Å². The fraction of sp³-hybridized carbons (Fsp3) is 0.0833. The lowest BCUT2D eigenvalue weighted by molar-refractivity contribution is -0.141. The number of amides is 1. The standard InChI is InChI=1S/C12H8F4N4O/c13-6-1-3-7(4-2-6)19-11(21)9-10(17)18-5-8(20-9)12(14,15)16/h1-5H,(H2,17,18)(H,19,21). The monoisotopic (exact) mass is 300 g/mol. The minimum atomic E-state index is -4.74. The molecule has 9 heteroatoms. The Bertz CT molecular complexity index is 670. The summed E-state index contributed by atoms with van der Waals surface area (Å²) in [5.74, 6) is -1.94. The molecule has 1 aromatic heterocycles. The second kappa shape index (κ2) is 5.35. The van der Waals surface area contributed by atoms with Gasteiger partial charge in [-0.15, -0.1) is 0 Å². The molecule has 1 heterocycles. The summed E-state index contributed by atoms with van der Waals surface area (Å²) < 4.78 is 50.3. The van der Waals surface area contributed by atoms with Crippen molar-refractivity contribution in [2.75, 3.05) is 11.1 Å². The molecule has 1 amide bonds. The Morgan fingerprint density at radius 2 is 1.81 bits per heavy atom. The zero-order valence-electron chi connectivity index (χ0n) is 10.3. The third-order valence-electron chi connectivity index (χ3n) is 2.41. The van der Waals surface area contributed by atoms with Crippen molar-refractivity contribution < 1.29 is 22.4 Å². The Kier molecular flexibility index (Phi) is 3.74. The van der Waals surface area contributed by atoms with Crippen LogP contribution in [-0.4, -0.2) is 15.9 Å². The summed E-state index contributed by atoms with van der Waals surface area (Å²) in [6, 6.07) is 4.64. The number of nitrogens with zero attached hydrogens (tertiary/aromatic N) is 2. The molecular weight excluding hydrogens is 292 g/mol. The van der Waals surface area contributed by atoms with Crippen molar-refractivity contribution in [2.45, 2.75) is 6.18 Å². The lowest BCUT2D eigenvalue weighted by Gasteiger charge is -2.09. The van der Waals surface area contributed by atoms with E-state index < -0.39 is 35.1 Å². The highest BCUT2D eigenvalue weighted by Crippen LogP contribution is 2.27. The van der Waals surface area contributed by atoms with E-state index in [4.69, 9.17) is 5.73 Å². The second-order valence-corrected chi connectivity index (χ2v) is 3.95. The first kappa shape index (κ1) is 14.7. The number of benzene rings is 1. The van der Waals surface area contributed by atoms with Gasteiger partial charge in [-0.2, -0.15) is 13.2 Å². The summed E-state index contributed by atoms with van der Waals surface area (Å²) >= 11 is 0. The van der Waals surface area contributed by atoms with Gasteiger partial charge >= 0.3 is 6.18 Å². The number of rotatable bonds is 2. The SMILES string of the molecule is Nc1ncc(C(F)(F)F)nc1C(=O)Nc1ccc(F)cc1. The molecule has 3 N–H and O–H groups in total. The fourth-order valence-electron chi connectivity index (χ4n) is 1.43. The number of carbonyl (C=O) groups is 1. The number of nitrogens with one attached hydrogen (secondary N) is 1. The van der Waals surface area contributed by atoms with Gasteiger partial charge in [0.1, 0.15) is 5.82 Å². The van der Waals surface area contributed by atoms with Gasteiger partial charge in [0.05, 0.1) is 6.20 Å². The Hall–Kier alpha value is -2.71. The fourth-order valence-corrected chi connectivity index (χ4v) is 1.43. The molecule has 0 aliphatic carbocycles. The molecule has 0 spiro atoms. The number of anilines is 2. The normalized spacial score (nSPS) is 11.2. The molecule has 0 aliphatic heterocycles. The van der Waals surface area contributed by atoms with Crippen molar-refractivity contribution in [1.29, 1.82) is 0 Å². The molecule has 0 atom stereocenters. The zero-order chi connectivity index (χ0) is 15.6. The summed E-state index contributed by atoms with van der Waals surface area (Å²) in [4.78, 5) is 18.3. The number of hydrogen-bond donors (Lipinski definition) is 2. The molecule has 0 fully saturated rings. The Morgan fingerprint density at radius 3 is 2.38 bits per heavy atom. The van der Waals surface area contributed by atoms with E-state index in [1.165, 1.54) is 12.1 Å². The average molecular weight is 300 g/mol. The van der Waals surface area contributed by atoms with Crippen molar-refractivity contribution in [1.82, 2.24) is 9.97 Å². The molecule has 0 aliphatic rings. The highest BCUT2D eigenvalue weighted by Gasteiger charge is 2.34. The largest absolute Gasteiger partial charge is 0.434 e. The van der Waals surface area contributed by atoms with E-state index in [0.717, 1.165) is 12.1 Å². The van der Waals surface area contributed by atoms with Crippen LogP contribution in [0.25, 0.3) is 0 Å². The number of alkyl halides is 3. The quantitative estimate of drug-likeness (QED) is 0.835. The lowest BCUT2D eigenvalue weighted by atomic mass is 10.3. The molecule has 2 aromatic rings. The minimum absolute atomic E-state index is 0.181. The highest BCUT2D eigenvalue weighted by molar-refractivity contribution is 6.05. The summed E-state index contributed by atoms with van der Waals surface area (Å²) in [5, 5.41) is 2.25. The van der Waals surface area contributed by atoms with Gasteiger partial charge in [-0.1, -0.05) is 0 Å². The summed E-state index contributed by atoms with van der Waals surface area (Å²) in [7, 11) is 0. The predicted molar refractivity (Wildman–Crippen MR) is 65.8 cm³/mol. The molecule has 0 bridgehead atoms. The number of aromatic nitrogens is 2. The van der Waals surface area contributed by atoms with Crippen LogP contribution in [0.15, 0.2) is 30.5 Å². The molecule has 5 nitrogen and oxygen atoms in total. The average Bonchev–Trinajstić information content (AvgIpc) is 2.40. The highest BCUT2D eigenvalue weighted by atomic mass is 19.4. The third kappa shape index (κ3) is 3.44. The van der Waals surface area contributed by atoms with Crippen molar-refractivity contribution >= 4 is 17.4 Å². The van der Waals surface area contributed by atoms with Crippen molar-refractivity contribution in [2.24, 2.45) is 0 Å². The Morgan fingerprint density at radius 1 is 1.19 bits per heavy atom. The van der Waals surface area contributed by atoms with Crippen LogP contribution in [-0.2, 0) is 6.18 Å². The van der Waals surface area contributed by atoms with Crippen molar-refractivity contribution in [3.8, 4) is 0 Å².